The highest BCUT2D eigenvalue weighted by Crippen LogP contribution is 2.55. The molecule has 0 aliphatic heterocycles. The highest BCUT2D eigenvalue weighted by Gasteiger charge is 2.45. The molecule has 3 aliphatic carbocycles. The third kappa shape index (κ3) is 3.33. The number of hydrogen-bond donors (Lipinski definition) is 1. The Hall–Kier alpha value is -0.0400. The molecule has 1 heteroatoms. The molecule has 0 aromatic carbocycles. The van der Waals surface area contributed by atoms with Crippen molar-refractivity contribution >= 4 is 0 Å². The van der Waals surface area contributed by atoms with E-state index >= 15 is 0 Å². The Labute approximate surface area is 132 Å². The molecule has 0 aromatic heterocycles. The first-order valence-electron chi connectivity index (χ1n) is 9.56. The molecule has 3 saturated carbocycles. The van der Waals surface area contributed by atoms with Crippen molar-refractivity contribution in [2.75, 3.05) is 13.6 Å². The van der Waals surface area contributed by atoms with Gasteiger partial charge in [-0.15, -0.1) is 0 Å². The minimum Gasteiger partial charge on any atom is -0.319 e. The van der Waals surface area contributed by atoms with Crippen LogP contribution >= 0.6 is 0 Å². The summed E-state index contributed by atoms with van der Waals surface area (Å²) in [5.41, 5.74) is 1.14. The quantitative estimate of drug-likeness (QED) is 0.745. The van der Waals surface area contributed by atoms with E-state index in [0.29, 0.717) is 10.8 Å². The van der Waals surface area contributed by atoms with Gasteiger partial charge in [-0.1, -0.05) is 27.2 Å². The second kappa shape index (κ2) is 5.87. The molecule has 3 rings (SSSR count). The van der Waals surface area contributed by atoms with Crippen molar-refractivity contribution in [3.8, 4) is 0 Å². The predicted octanol–water partition coefficient (Wildman–Crippen LogP) is 5.25. The van der Waals surface area contributed by atoms with Crippen LogP contribution in [0.4, 0.5) is 0 Å². The lowest BCUT2D eigenvalue weighted by atomic mass is 9.60. The van der Waals surface area contributed by atoms with E-state index in [9.17, 15) is 0 Å². The molecule has 0 amide bonds. The van der Waals surface area contributed by atoms with Gasteiger partial charge in [-0.25, -0.2) is 0 Å². The molecular weight excluding hydrogens is 254 g/mol. The molecule has 3 unspecified atom stereocenters. The lowest BCUT2D eigenvalue weighted by molar-refractivity contribution is 0.0588. The van der Waals surface area contributed by atoms with Crippen molar-refractivity contribution < 1.29 is 0 Å². The number of rotatable bonds is 4. The second-order valence-corrected chi connectivity index (χ2v) is 9.81. The van der Waals surface area contributed by atoms with Crippen LogP contribution in [0.1, 0.15) is 78.6 Å². The van der Waals surface area contributed by atoms with Crippen LogP contribution in [0.25, 0.3) is 0 Å². The van der Waals surface area contributed by atoms with E-state index in [1.54, 1.807) is 25.7 Å². The van der Waals surface area contributed by atoms with Crippen LogP contribution in [0, 0.1) is 34.5 Å². The van der Waals surface area contributed by atoms with Gasteiger partial charge in [0.15, 0.2) is 0 Å². The standard InChI is InChI=1S/C20H37N/c1-19(2,3)18-7-9-20(10-8-18,14-21-4)13-17-12-15-5-6-16(17)11-15/h15-18,21H,5-14H2,1-4H3. The molecule has 0 saturated heterocycles. The van der Waals surface area contributed by atoms with E-state index in [1.807, 2.05) is 0 Å². The first-order chi connectivity index (χ1) is 9.92. The predicted molar refractivity (Wildman–Crippen MR) is 91.3 cm³/mol. The van der Waals surface area contributed by atoms with Crippen molar-refractivity contribution in [1.82, 2.24) is 5.32 Å². The first kappa shape index (κ1) is 15.8. The second-order valence-electron chi connectivity index (χ2n) is 9.81. The highest BCUT2D eigenvalue weighted by molar-refractivity contribution is 4.97. The topological polar surface area (TPSA) is 12.0 Å². The van der Waals surface area contributed by atoms with Crippen LogP contribution < -0.4 is 5.32 Å². The van der Waals surface area contributed by atoms with E-state index in [4.69, 9.17) is 0 Å². The molecule has 3 aliphatic rings. The van der Waals surface area contributed by atoms with Crippen molar-refractivity contribution in [2.45, 2.75) is 78.6 Å². The Bertz CT molecular complexity index is 345. The van der Waals surface area contributed by atoms with Gasteiger partial charge in [-0.3, -0.25) is 0 Å². The SMILES string of the molecule is CNCC1(CC2CC3CCC2C3)CCC(C(C)(C)C)CC1. The largest absolute Gasteiger partial charge is 0.319 e. The monoisotopic (exact) mass is 291 g/mol. The van der Waals surface area contributed by atoms with Gasteiger partial charge in [-0.05, 0) is 92.9 Å². The van der Waals surface area contributed by atoms with Gasteiger partial charge in [0.1, 0.15) is 0 Å². The molecule has 3 fully saturated rings. The molecule has 0 spiro atoms. The minimum absolute atomic E-state index is 0.512. The summed E-state index contributed by atoms with van der Waals surface area (Å²) in [6, 6.07) is 0. The number of nitrogens with one attached hydrogen (secondary N) is 1. The van der Waals surface area contributed by atoms with Crippen molar-refractivity contribution in [2.24, 2.45) is 34.5 Å². The lowest BCUT2D eigenvalue weighted by Gasteiger charge is -2.46. The Morgan fingerprint density at radius 1 is 1.00 bits per heavy atom. The van der Waals surface area contributed by atoms with Gasteiger partial charge < -0.3 is 5.32 Å². The van der Waals surface area contributed by atoms with Crippen molar-refractivity contribution in [3.05, 3.63) is 0 Å². The maximum Gasteiger partial charge on any atom is 0.000491 e. The van der Waals surface area contributed by atoms with Gasteiger partial charge in [0.05, 0.1) is 0 Å². The van der Waals surface area contributed by atoms with Crippen molar-refractivity contribution in [1.29, 1.82) is 0 Å². The molecule has 1 N–H and O–H groups in total. The van der Waals surface area contributed by atoms with Crippen LogP contribution in [0.3, 0.4) is 0 Å². The Morgan fingerprint density at radius 3 is 2.19 bits per heavy atom. The third-order valence-corrected chi connectivity index (χ3v) is 7.40. The van der Waals surface area contributed by atoms with Crippen LogP contribution in [0.2, 0.25) is 0 Å². The van der Waals surface area contributed by atoms with E-state index < -0.39 is 0 Å². The van der Waals surface area contributed by atoms with E-state index in [0.717, 1.165) is 23.7 Å². The average molecular weight is 292 g/mol. The Morgan fingerprint density at radius 2 is 1.71 bits per heavy atom. The maximum absolute atomic E-state index is 3.55. The number of hydrogen-bond acceptors (Lipinski definition) is 1. The molecule has 122 valence electrons. The lowest BCUT2D eigenvalue weighted by Crippen LogP contribution is -2.40. The Balaban J connectivity index is 1.62. The molecule has 0 radical (unpaired) electrons. The third-order valence-electron chi connectivity index (χ3n) is 7.40. The van der Waals surface area contributed by atoms with Gasteiger partial charge in [0.25, 0.3) is 0 Å². The zero-order valence-electron chi connectivity index (χ0n) is 14.9. The minimum atomic E-state index is 0.512. The molecule has 3 atom stereocenters. The van der Waals surface area contributed by atoms with Crippen LogP contribution in [-0.4, -0.2) is 13.6 Å². The molecular formula is C20H37N. The summed E-state index contributed by atoms with van der Waals surface area (Å²) in [6.45, 7) is 8.59. The summed E-state index contributed by atoms with van der Waals surface area (Å²) >= 11 is 0. The molecule has 2 bridgehead atoms. The van der Waals surface area contributed by atoms with Crippen LogP contribution in [0.5, 0.6) is 0 Å². The van der Waals surface area contributed by atoms with Crippen LogP contribution in [-0.2, 0) is 0 Å². The molecule has 0 aromatic rings. The average Bonchev–Trinajstić information content (AvgIpc) is 3.00. The zero-order valence-corrected chi connectivity index (χ0v) is 14.9. The van der Waals surface area contributed by atoms with E-state index in [1.165, 1.54) is 38.6 Å². The number of fused-ring (bicyclic) bond motifs is 2. The summed E-state index contributed by atoms with van der Waals surface area (Å²) in [4.78, 5) is 0. The molecule has 0 heterocycles. The van der Waals surface area contributed by atoms with Crippen molar-refractivity contribution in [3.63, 3.8) is 0 Å². The fourth-order valence-corrected chi connectivity index (χ4v) is 6.11. The van der Waals surface area contributed by atoms with Gasteiger partial charge in [0, 0.05) is 6.54 Å². The normalized spacial score (nSPS) is 43.4. The Kier molecular flexibility index (Phi) is 4.43. The summed E-state index contributed by atoms with van der Waals surface area (Å²) in [5.74, 6) is 4.23. The summed E-state index contributed by atoms with van der Waals surface area (Å²) in [6.07, 6.45) is 13.7. The first-order valence-corrected chi connectivity index (χ1v) is 9.56. The van der Waals surface area contributed by atoms with E-state index in [2.05, 4.69) is 33.1 Å². The summed E-state index contributed by atoms with van der Waals surface area (Å²) in [5, 5.41) is 3.55. The van der Waals surface area contributed by atoms with Gasteiger partial charge >= 0.3 is 0 Å². The highest BCUT2D eigenvalue weighted by atomic mass is 14.8. The van der Waals surface area contributed by atoms with Gasteiger partial charge in [-0.2, -0.15) is 0 Å². The molecule has 21 heavy (non-hydrogen) atoms. The summed E-state index contributed by atoms with van der Waals surface area (Å²) < 4.78 is 0. The zero-order chi connectivity index (χ0) is 15.1. The van der Waals surface area contributed by atoms with Crippen LogP contribution in [0.15, 0.2) is 0 Å². The smallest absolute Gasteiger partial charge is 0.000491 e. The summed E-state index contributed by atoms with van der Waals surface area (Å²) in [7, 11) is 2.17. The van der Waals surface area contributed by atoms with E-state index in [-0.39, 0.29) is 0 Å². The fraction of sp³-hybridized carbons (Fsp3) is 1.00. The maximum atomic E-state index is 3.55. The molecule has 1 nitrogen and oxygen atoms in total. The fourth-order valence-electron chi connectivity index (χ4n) is 6.11. The van der Waals surface area contributed by atoms with Gasteiger partial charge in [0.2, 0.25) is 0 Å².